The van der Waals surface area contributed by atoms with Crippen LogP contribution in [0, 0.1) is 5.92 Å². The lowest BCUT2D eigenvalue weighted by atomic mass is 9.86. The van der Waals surface area contributed by atoms with E-state index in [0.29, 0.717) is 18.1 Å². The van der Waals surface area contributed by atoms with Gasteiger partial charge >= 0.3 is 0 Å². The minimum Gasteiger partial charge on any atom is -0.329 e. The fraction of sp³-hybridized carbons (Fsp3) is 1.00. The fourth-order valence-electron chi connectivity index (χ4n) is 4.33. The second kappa shape index (κ2) is 6.97. The molecule has 1 aliphatic heterocycles. The normalized spacial score (nSPS) is 36.8. The average molecular weight is 317 g/mol. The Bertz CT molecular complexity index is 438. The van der Waals surface area contributed by atoms with E-state index in [1.165, 1.54) is 32.1 Å². The molecule has 0 spiro atoms. The van der Waals surface area contributed by atoms with E-state index in [-0.39, 0.29) is 11.6 Å². The maximum atomic E-state index is 11.8. The molecule has 1 saturated heterocycles. The first-order valence-electron chi connectivity index (χ1n) is 8.56. The molecule has 4 nitrogen and oxygen atoms in total. The summed E-state index contributed by atoms with van der Waals surface area (Å²) in [6.45, 7) is 2.91. The van der Waals surface area contributed by atoms with Crippen LogP contribution in [0.2, 0.25) is 0 Å². The van der Waals surface area contributed by atoms with Crippen molar-refractivity contribution in [1.29, 1.82) is 0 Å². The molecule has 0 aromatic carbocycles. The van der Waals surface area contributed by atoms with Crippen molar-refractivity contribution in [2.75, 3.05) is 25.1 Å². The number of sulfone groups is 1. The van der Waals surface area contributed by atoms with Crippen LogP contribution in [-0.2, 0) is 9.84 Å². The molecule has 5 heteroatoms. The van der Waals surface area contributed by atoms with Crippen molar-refractivity contribution in [2.45, 2.75) is 69.9 Å². The lowest BCUT2D eigenvalue weighted by molar-refractivity contribution is 0.0710. The van der Waals surface area contributed by atoms with E-state index in [9.17, 15) is 8.42 Å². The van der Waals surface area contributed by atoms with Gasteiger partial charge in [-0.1, -0.05) is 32.6 Å². The lowest BCUT2D eigenvalue weighted by Crippen LogP contribution is -2.56. The molecule has 124 valence electrons. The molecule has 1 aliphatic carbocycles. The summed E-state index contributed by atoms with van der Waals surface area (Å²) in [6.07, 6.45) is 9.39. The van der Waals surface area contributed by atoms with Crippen molar-refractivity contribution < 1.29 is 8.42 Å². The first-order valence-corrected chi connectivity index (χ1v) is 10.4. The van der Waals surface area contributed by atoms with Crippen molar-refractivity contribution in [3.05, 3.63) is 0 Å². The molecule has 0 amide bonds. The van der Waals surface area contributed by atoms with Gasteiger partial charge in [-0.2, -0.15) is 0 Å². The van der Waals surface area contributed by atoms with Crippen molar-refractivity contribution >= 4 is 9.84 Å². The fourth-order valence-corrected chi connectivity index (χ4v) is 6.10. The molecule has 0 aromatic heterocycles. The van der Waals surface area contributed by atoms with Crippen LogP contribution in [0.3, 0.4) is 0 Å². The number of hydrogen-bond donors (Lipinski definition) is 1. The van der Waals surface area contributed by atoms with E-state index < -0.39 is 9.84 Å². The van der Waals surface area contributed by atoms with Gasteiger partial charge in [-0.25, -0.2) is 8.42 Å². The highest BCUT2D eigenvalue weighted by Crippen LogP contribution is 2.37. The molecule has 0 aromatic rings. The van der Waals surface area contributed by atoms with Gasteiger partial charge in [0.2, 0.25) is 0 Å². The summed E-state index contributed by atoms with van der Waals surface area (Å²) in [5.74, 6) is 1.51. The van der Waals surface area contributed by atoms with E-state index in [4.69, 9.17) is 5.73 Å². The third-order valence-corrected chi connectivity index (χ3v) is 7.60. The molecule has 3 unspecified atom stereocenters. The Morgan fingerprint density at radius 3 is 2.57 bits per heavy atom. The second-order valence-electron chi connectivity index (χ2n) is 7.18. The zero-order chi connectivity index (χ0) is 15.5. The summed E-state index contributed by atoms with van der Waals surface area (Å²) >= 11 is 0. The zero-order valence-electron chi connectivity index (χ0n) is 13.7. The highest BCUT2D eigenvalue weighted by Gasteiger charge is 2.42. The molecule has 2 aliphatic rings. The summed E-state index contributed by atoms with van der Waals surface area (Å²) in [5, 5.41) is 0. The van der Waals surface area contributed by atoms with Crippen LogP contribution in [0.5, 0.6) is 0 Å². The minimum absolute atomic E-state index is 0.0209. The van der Waals surface area contributed by atoms with Gasteiger partial charge in [0.05, 0.1) is 11.5 Å². The SMILES string of the molecule is CCCC1CCCC(CN)(N(C)C2CCS(=O)(=O)C2)CC1. The number of nitrogens with zero attached hydrogens (tertiary/aromatic N) is 1. The minimum atomic E-state index is -2.83. The van der Waals surface area contributed by atoms with Gasteiger partial charge in [0, 0.05) is 18.1 Å². The molecule has 2 N–H and O–H groups in total. The molecule has 0 bridgehead atoms. The number of hydrogen-bond acceptors (Lipinski definition) is 4. The van der Waals surface area contributed by atoms with Gasteiger partial charge in [0.25, 0.3) is 0 Å². The number of likely N-dealkylation sites (N-methyl/N-ethyl adjacent to an activating group) is 1. The lowest BCUT2D eigenvalue weighted by Gasteiger charge is -2.44. The molecule has 0 radical (unpaired) electrons. The Hall–Kier alpha value is -0.130. The monoisotopic (exact) mass is 316 g/mol. The molecular weight excluding hydrogens is 284 g/mol. The second-order valence-corrected chi connectivity index (χ2v) is 9.41. The van der Waals surface area contributed by atoms with Gasteiger partial charge in [-0.3, -0.25) is 4.90 Å². The van der Waals surface area contributed by atoms with Crippen molar-refractivity contribution in [3.8, 4) is 0 Å². The van der Waals surface area contributed by atoms with E-state index in [0.717, 1.165) is 25.2 Å². The Morgan fingerprint density at radius 2 is 2.00 bits per heavy atom. The summed E-state index contributed by atoms with van der Waals surface area (Å²) < 4.78 is 23.5. The smallest absolute Gasteiger partial charge is 0.151 e. The maximum Gasteiger partial charge on any atom is 0.151 e. The zero-order valence-corrected chi connectivity index (χ0v) is 14.5. The molecule has 21 heavy (non-hydrogen) atoms. The molecule has 3 atom stereocenters. The van der Waals surface area contributed by atoms with Crippen LogP contribution < -0.4 is 5.73 Å². The molecular formula is C16H32N2O2S. The highest BCUT2D eigenvalue weighted by molar-refractivity contribution is 7.91. The molecule has 2 fully saturated rings. The van der Waals surface area contributed by atoms with Crippen molar-refractivity contribution in [2.24, 2.45) is 11.7 Å². The molecule has 1 saturated carbocycles. The maximum absolute atomic E-state index is 11.8. The van der Waals surface area contributed by atoms with Crippen LogP contribution in [0.15, 0.2) is 0 Å². The molecule has 1 heterocycles. The third-order valence-electron chi connectivity index (χ3n) is 5.85. The van der Waals surface area contributed by atoms with Gasteiger partial charge in [-0.05, 0) is 38.6 Å². The van der Waals surface area contributed by atoms with Gasteiger partial charge in [0.1, 0.15) is 0 Å². The predicted molar refractivity (Wildman–Crippen MR) is 88.1 cm³/mol. The largest absolute Gasteiger partial charge is 0.329 e. The van der Waals surface area contributed by atoms with Gasteiger partial charge in [0.15, 0.2) is 9.84 Å². The Morgan fingerprint density at radius 1 is 1.24 bits per heavy atom. The Balaban J connectivity index is 2.06. The summed E-state index contributed by atoms with van der Waals surface area (Å²) in [6, 6.07) is 0.168. The van der Waals surface area contributed by atoms with Crippen LogP contribution in [0.1, 0.15) is 58.3 Å². The Kier molecular flexibility index (Phi) is 5.71. The van der Waals surface area contributed by atoms with Crippen LogP contribution >= 0.6 is 0 Å². The topological polar surface area (TPSA) is 63.4 Å². The van der Waals surface area contributed by atoms with E-state index >= 15 is 0 Å². The van der Waals surface area contributed by atoms with E-state index in [2.05, 4.69) is 18.9 Å². The number of nitrogens with two attached hydrogens (primary N) is 1. The first-order chi connectivity index (χ1) is 9.92. The molecule has 2 rings (SSSR count). The third kappa shape index (κ3) is 3.99. The highest BCUT2D eigenvalue weighted by atomic mass is 32.2. The van der Waals surface area contributed by atoms with Crippen molar-refractivity contribution in [3.63, 3.8) is 0 Å². The summed E-state index contributed by atoms with van der Waals surface area (Å²) in [7, 11) is -0.715. The van der Waals surface area contributed by atoms with Crippen LogP contribution in [0.4, 0.5) is 0 Å². The predicted octanol–water partition coefficient (Wildman–Crippen LogP) is 2.18. The number of rotatable bonds is 5. The van der Waals surface area contributed by atoms with Crippen LogP contribution in [0.25, 0.3) is 0 Å². The van der Waals surface area contributed by atoms with Gasteiger partial charge in [-0.15, -0.1) is 0 Å². The van der Waals surface area contributed by atoms with Crippen LogP contribution in [-0.4, -0.2) is 50.0 Å². The van der Waals surface area contributed by atoms with E-state index in [1.807, 2.05) is 0 Å². The van der Waals surface area contributed by atoms with Gasteiger partial charge < -0.3 is 5.73 Å². The summed E-state index contributed by atoms with van der Waals surface area (Å²) in [4.78, 5) is 2.34. The summed E-state index contributed by atoms with van der Waals surface area (Å²) in [5.41, 5.74) is 6.19. The quantitative estimate of drug-likeness (QED) is 0.790. The first kappa shape index (κ1) is 17.2. The average Bonchev–Trinajstić information content (AvgIpc) is 2.69. The Labute approximate surface area is 130 Å². The van der Waals surface area contributed by atoms with E-state index in [1.54, 1.807) is 0 Å². The standard InChI is InChI=1S/C16H32N2O2S/c1-3-5-14-6-4-9-16(13-17,10-7-14)18(2)15-8-11-21(19,20)12-15/h14-15H,3-13,17H2,1-2H3. The van der Waals surface area contributed by atoms with Crippen molar-refractivity contribution in [1.82, 2.24) is 4.90 Å².